The van der Waals surface area contributed by atoms with Crippen LogP contribution in [0.2, 0.25) is 0 Å². The maximum Gasteiger partial charge on any atom is 0.357 e. The lowest BCUT2D eigenvalue weighted by molar-refractivity contribution is 0.0518. The topological polar surface area (TPSA) is 59.4 Å². The molecular weight excluding hydrogens is 177 g/mol. The molecule has 0 fully saturated rings. The Bertz CT molecular complexity index is 327. The van der Waals surface area contributed by atoms with Crippen LogP contribution in [0.15, 0.2) is 12.3 Å². The van der Waals surface area contributed by atoms with Crippen LogP contribution in [0, 0.1) is 5.82 Å². The van der Waals surface area contributed by atoms with E-state index in [1.807, 2.05) is 0 Å². The van der Waals surface area contributed by atoms with Crippen molar-refractivity contribution in [3.8, 4) is 5.75 Å². The summed E-state index contributed by atoms with van der Waals surface area (Å²) in [5, 5.41) is 8.77. The summed E-state index contributed by atoms with van der Waals surface area (Å²) in [6.45, 7) is 1.83. The van der Waals surface area contributed by atoms with E-state index in [0.29, 0.717) is 0 Å². The lowest BCUT2D eigenvalue weighted by atomic mass is 10.3. The van der Waals surface area contributed by atoms with Crippen molar-refractivity contribution in [1.82, 2.24) is 4.98 Å². The average molecular weight is 185 g/mol. The molecule has 0 aliphatic rings. The van der Waals surface area contributed by atoms with Crippen LogP contribution in [0.25, 0.3) is 0 Å². The van der Waals surface area contributed by atoms with Crippen molar-refractivity contribution in [2.45, 2.75) is 6.92 Å². The second-order valence-corrected chi connectivity index (χ2v) is 2.24. The molecule has 1 N–H and O–H groups in total. The first-order chi connectivity index (χ1) is 6.15. The van der Waals surface area contributed by atoms with Gasteiger partial charge in [0, 0.05) is 6.07 Å². The Labute approximate surface area is 74.0 Å². The number of hydrogen-bond donors (Lipinski definition) is 1. The van der Waals surface area contributed by atoms with E-state index in [4.69, 9.17) is 5.11 Å². The summed E-state index contributed by atoms with van der Waals surface area (Å²) >= 11 is 0. The molecule has 13 heavy (non-hydrogen) atoms. The van der Waals surface area contributed by atoms with E-state index in [1.54, 1.807) is 6.92 Å². The number of esters is 1. The Kier molecular flexibility index (Phi) is 2.79. The maximum atomic E-state index is 12.7. The third-order valence-electron chi connectivity index (χ3n) is 1.32. The molecule has 0 spiro atoms. The van der Waals surface area contributed by atoms with Gasteiger partial charge in [-0.2, -0.15) is 0 Å². The minimum Gasteiger partial charge on any atom is -0.504 e. The number of ether oxygens (including phenoxy) is 1. The van der Waals surface area contributed by atoms with E-state index in [9.17, 15) is 9.18 Å². The van der Waals surface area contributed by atoms with Gasteiger partial charge in [-0.3, -0.25) is 0 Å². The zero-order valence-corrected chi connectivity index (χ0v) is 6.95. The van der Waals surface area contributed by atoms with Gasteiger partial charge in [0.1, 0.15) is 0 Å². The van der Waals surface area contributed by atoms with E-state index in [-0.39, 0.29) is 12.3 Å². The van der Waals surface area contributed by atoms with Gasteiger partial charge < -0.3 is 9.84 Å². The molecule has 1 aromatic rings. The quantitative estimate of drug-likeness (QED) is 0.701. The van der Waals surface area contributed by atoms with Crippen LogP contribution in [0.3, 0.4) is 0 Å². The van der Waals surface area contributed by atoms with Crippen LogP contribution in [0.4, 0.5) is 4.39 Å². The number of halogens is 1. The fourth-order valence-corrected chi connectivity index (χ4v) is 0.740. The third kappa shape index (κ3) is 2.14. The number of carbonyl (C=O) groups excluding carboxylic acids is 1. The normalized spacial score (nSPS) is 9.69. The summed E-state index contributed by atoms with van der Waals surface area (Å²) in [6.07, 6.45) is 0.863. The van der Waals surface area contributed by atoms with E-state index in [0.717, 1.165) is 12.3 Å². The van der Waals surface area contributed by atoms with Crippen LogP contribution in [-0.2, 0) is 4.74 Å². The van der Waals surface area contributed by atoms with Crippen LogP contribution >= 0.6 is 0 Å². The number of aromatic hydroxyl groups is 1. The fraction of sp³-hybridized carbons (Fsp3) is 0.250. The van der Waals surface area contributed by atoms with Gasteiger partial charge in [-0.15, -0.1) is 0 Å². The average Bonchev–Trinajstić information content (AvgIpc) is 2.10. The van der Waals surface area contributed by atoms with Crippen molar-refractivity contribution >= 4 is 5.97 Å². The number of hydrogen-bond acceptors (Lipinski definition) is 4. The molecule has 0 amide bonds. The second-order valence-electron chi connectivity index (χ2n) is 2.24. The maximum absolute atomic E-state index is 12.7. The van der Waals surface area contributed by atoms with Gasteiger partial charge in [-0.05, 0) is 6.92 Å². The van der Waals surface area contributed by atoms with E-state index in [1.165, 1.54) is 0 Å². The molecule has 0 unspecified atom stereocenters. The molecule has 0 radical (unpaired) electrons. The summed E-state index contributed by atoms with van der Waals surface area (Å²) in [6, 6.07) is 0.827. The van der Waals surface area contributed by atoms with Gasteiger partial charge in [-0.25, -0.2) is 14.2 Å². The summed E-state index contributed by atoms with van der Waals surface area (Å²) in [5.41, 5.74) is -0.155. The molecule has 5 heteroatoms. The SMILES string of the molecule is CCOC(=O)c1cc(F)c(O)cn1. The number of rotatable bonds is 2. The summed E-state index contributed by atoms with van der Waals surface area (Å²) < 4.78 is 17.3. The molecule has 0 atom stereocenters. The van der Waals surface area contributed by atoms with Crippen molar-refractivity contribution in [1.29, 1.82) is 0 Å². The van der Waals surface area contributed by atoms with Gasteiger partial charge in [0.15, 0.2) is 17.3 Å². The first-order valence-corrected chi connectivity index (χ1v) is 3.66. The van der Waals surface area contributed by atoms with E-state index < -0.39 is 17.5 Å². The Morgan fingerprint density at radius 2 is 2.46 bits per heavy atom. The standard InChI is InChI=1S/C8H8FNO3/c1-2-13-8(12)6-3-5(9)7(11)4-10-6/h3-4,11H,2H2,1H3. The molecule has 1 heterocycles. The van der Waals surface area contributed by atoms with Crippen molar-refractivity contribution < 1.29 is 19.0 Å². The zero-order valence-electron chi connectivity index (χ0n) is 6.95. The highest BCUT2D eigenvalue weighted by Crippen LogP contribution is 2.13. The van der Waals surface area contributed by atoms with Crippen LogP contribution in [0.5, 0.6) is 5.75 Å². The Morgan fingerprint density at radius 3 is 3.00 bits per heavy atom. The minimum absolute atomic E-state index is 0.155. The molecule has 0 aliphatic heterocycles. The summed E-state index contributed by atoms with van der Waals surface area (Å²) in [4.78, 5) is 14.5. The molecule has 0 bridgehead atoms. The van der Waals surface area contributed by atoms with E-state index >= 15 is 0 Å². The number of nitrogens with zero attached hydrogens (tertiary/aromatic N) is 1. The largest absolute Gasteiger partial charge is 0.504 e. The third-order valence-corrected chi connectivity index (χ3v) is 1.32. The second kappa shape index (κ2) is 3.84. The van der Waals surface area contributed by atoms with Gasteiger partial charge in [-0.1, -0.05) is 0 Å². The molecule has 0 aliphatic carbocycles. The predicted octanol–water partition coefficient (Wildman–Crippen LogP) is 1.10. The summed E-state index contributed by atoms with van der Waals surface area (Å²) in [5.74, 6) is -2.19. The lowest BCUT2D eigenvalue weighted by Gasteiger charge is -2.00. The number of aromatic nitrogens is 1. The fourth-order valence-electron chi connectivity index (χ4n) is 0.740. The smallest absolute Gasteiger partial charge is 0.357 e. The highest BCUT2D eigenvalue weighted by atomic mass is 19.1. The van der Waals surface area contributed by atoms with Crippen molar-refractivity contribution in [2.24, 2.45) is 0 Å². The molecule has 70 valence electrons. The molecule has 1 aromatic heterocycles. The van der Waals surface area contributed by atoms with Gasteiger partial charge in [0.2, 0.25) is 0 Å². The molecule has 1 rings (SSSR count). The monoisotopic (exact) mass is 185 g/mol. The van der Waals surface area contributed by atoms with Gasteiger partial charge in [0.25, 0.3) is 0 Å². The molecule has 4 nitrogen and oxygen atoms in total. The highest BCUT2D eigenvalue weighted by molar-refractivity contribution is 5.87. The predicted molar refractivity (Wildman–Crippen MR) is 41.8 cm³/mol. The number of pyridine rings is 1. The van der Waals surface area contributed by atoms with Crippen LogP contribution in [0.1, 0.15) is 17.4 Å². The first kappa shape index (κ1) is 9.44. The molecular formula is C8H8FNO3. The molecule has 0 saturated heterocycles. The summed E-state index contributed by atoms with van der Waals surface area (Å²) in [7, 11) is 0. The van der Waals surface area contributed by atoms with Crippen molar-refractivity contribution in [2.75, 3.05) is 6.61 Å². The van der Waals surface area contributed by atoms with Crippen molar-refractivity contribution in [3.05, 3.63) is 23.8 Å². The first-order valence-electron chi connectivity index (χ1n) is 3.66. The van der Waals surface area contributed by atoms with Crippen LogP contribution in [-0.4, -0.2) is 22.7 Å². The Hall–Kier alpha value is -1.65. The minimum atomic E-state index is -0.891. The molecule has 0 saturated carbocycles. The Balaban J connectivity index is 2.90. The van der Waals surface area contributed by atoms with E-state index in [2.05, 4.69) is 9.72 Å². The molecule has 0 aromatic carbocycles. The zero-order chi connectivity index (χ0) is 9.84. The lowest BCUT2D eigenvalue weighted by Crippen LogP contribution is -2.07. The van der Waals surface area contributed by atoms with Crippen LogP contribution < -0.4 is 0 Å². The van der Waals surface area contributed by atoms with Gasteiger partial charge in [0.05, 0.1) is 12.8 Å². The Morgan fingerprint density at radius 1 is 1.77 bits per heavy atom. The number of carbonyl (C=O) groups is 1. The highest BCUT2D eigenvalue weighted by Gasteiger charge is 2.10. The van der Waals surface area contributed by atoms with Gasteiger partial charge >= 0.3 is 5.97 Å². The van der Waals surface area contributed by atoms with Crippen molar-refractivity contribution in [3.63, 3.8) is 0 Å².